The van der Waals surface area contributed by atoms with Crippen LogP contribution in [0.4, 0.5) is 0 Å². The summed E-state index contributed by atoms with van der Waals surface area (Å²) in [5.74, 6) is 0.926. The first kappa shape index (κ1) is 8.34. The van der Waals surface area contributed by atoms with Gasteiger partial charge in [0.15, 0.2) is 6.23 Å². The van der Waals surface area contributed by atoms with Gasteiger partial charge in [0.05, 0.1) is 0 Å². The second kappa shape index (κ2) is 2.38. The highest BCUT2D eigenvalue weighted by Gasteiger charge is 2.26. The fourth-order valence-electron chi connectivity index (χ4n) is 0.890. The maximum atomic E-state index is 5.59. The van der Waals surface area contributed by atoms with Crippen molar-refractivity contribution in [3.63, 3.8) is 0 Å². The van der Waals surface area contributed by atoms with E-state index < -0.39 is 0 Å². The van der Waals surface area contributed by atoms with Gasteiger partial charge in [-0.2, -0.15) is 0 Å². The molecule has 0 bridgehead atoms. The van der Waals surface area contributed by atoms with E-state index in [9.17, 15) is 0 Å². The van der Waals surface area contributed by atoms with Crippen LogP contribution >= 0.6 is 0 Å². The summed E-state index contributed by atoms with van der Waals surface area (Å²) in [4.78, 5) is 0. The van der Waals surface area contributed by atoms with E-state index in [1.807, 2.05) is 6.08 Å². The van der Waals surface area contributed by atoms with Crippen molar-refractivity contribution in [2.75, 3.05) is 0 Å². The molecule has 0 aromatic rings. The number of ether oxygens (including phenoxy) is 1. The third-order valence-electron chi connectivity index (χ3n) is 1.68. The van der Waals surface area contributed by atoms with Crippen molar-refractivity contribution >= 4 is 0 Å². The van der Waals surface area contributed by atoms with Crippen LogP contribution in [0, 0.1) is 5.41 Å². The second-order valence-corrected chi connectivity index (χ2v) is 3.87. The highest BCUT2D eigenvalue weighted by molar-refractivity contribution is 5.29. The Morgan fingerprint density at radius 2 is 2.09 bits per heavy atom. The molecule has 1 aliphatic heterocycles. The van der Waals surface area contributed by atoms with Crippen molar-refractivity contribution in [2.45, 2.75) is 27.0 Å². The fraction of sp³-hybridized carbons (Fsp3) is 0.556. The SMILES string of the molecule is C=C1C=C(C(C)(C)C)OC1N. The minimum Gasteiger partial charge on any atom is -0.475 e. The summed E-state index contributed by atoms with van der Waals surface area (Å²) in [5, 5.41) is 0. The first-order valence-corrected chi connectivity index (χ1v) is 3.74. The number of hydrogen-bond donors (Lipinski definition) is 1. The van der Waals surface area contributed by atoms with Crippen LogP contribution < -0.4 is 5.73 Å². The van der Waals surface area contributed by atoms with Gasteiger partial charge in [0.2, 0.25) is 0 Å². The van der Waals surface area contributed by atoms with Crippen LogP contribution in [0.5, 0.6) is 0 Å². The van der Waals surface area contributed by atoms with Crippen LogP contribution in [0.15, 0.2) is 24.0 Å². The number of allylic oxidation sites excluding steroid dienone is 1. The molecule has 0 radical (unpaired) electrons. The summed E-state index contributed by atoms with van der Waals surface area (Å²) in [7, 11) is 0. The van der Waals surface area contributed by atoms with Crippen LogP contribution in [0.25, 0.3) is 0 Å². The molecular formula is C9H15NO. The Balaban J connectivity index is 2.80. The summed E-state index contributed by atoms with van der Waals surface area (Å²) >= 11 is 0. The molecule has 1 unspecified atom stereocenters. The van der Waals surface area contributed by atoms with Crippen LogP contribution in [-0.2, 0) is 4.74 Å². The Labute approximate surface area is 67.7 Å². The normalized spacial score (nSPS) is 24.9. The number of hydrogen-bond acceptors (Lipinski definition) is 2. The lowest BCUT2D eigenvalue weighted by Crippen LogP contribution is -2.22. The highest BCUT2D eigenvalue weighted by atomic mass is 16.5. The molecular weight excluding hydrogens is 138 g/mol. The lowest BCUT2D eigenvalue weighted by Gasteiger charge is -2.20. The summed E-state index contributed by atoms with van der Waals surface area (Å²) in [6.07, 6.45) is 1.59. The van der Waals surface area contributed by atoms with Gasteiger partial charge in [-0.3, -0.25) is 5.73 Å². The van der Waals surface area contributed by atoms with Gasteiger partial charge in [-0.25, -0.2) is 0 Å². The van der Waals surface area contributed by atoms with Gasteiger partial charge in [-0.15, -0.1) is 0 Å². The van der Waals surface area contributed by atoms with Crippen molar-refractivity contribution in [3.05, 3.63) is 24.0 Å². The predicted molar refractivity (Wildman–Crippen MR) is 45.7 cm³/mol. The Bertz CT molecular complexity index is 210. The summed E-state index contributed by atoms with van der Waals surface area (Å²) < 4.78 is 5.38. The molecule has 0 amide bonds. The third kappa shape index (κ3) is 1.63. The van der Waals surface area contributed by atoms with Gasteiger partial charge in [0.1, 0.15) is 5.76 Å². The molecule has 1 heterocycles. The highest BCUT2D eigenvalue weighted by Crippen LogP contribution is 2.32. The first-order valence-electron chi connectivity index (χ1n) is 3.74. The molecule has 1 aliphatic rings. The molecule has 0 spiro atoms. The number of nitrogens with two attached hydrogens (primary N) is 1. The van der Waals surface area contributed by atoms with E-state index in [-0.39, 0.29) is 11.6 Å². The zero-order chi connectivity index (χ0) is 8.65. The summed E-state index contributed by atoms with van der Waals surface area (Å²) in [5.41, 5.74) is 6.49. The van der Waals surface area contributed by atoms with E-state index in [1.165, 1.54) is 0 Å². The average molecular weight is 153 g/mol. The number of rotatable bonds is 0. The quantitative estimate of drug-likeness (QED) is 0.575. The predicted octanol–water partition coefficient (Wildman–Crippen LogP) is 1.79. The Morgan fingerprint density at radius 1 is 1.55 bits per heavy atom. The molecule has 2 N–H and O–H groups in total. The maximum Gasteiger partial charge on any atom is 0.173 e. The van der Waals surface area contributed by atoms with Gasteiger partial charge in [-0.1, -0.05) is 27.4 Å². The lowest BCUT2D eigenvalue weighted by atomic mass is 9.93. The van der Waals surface area contributed by atoms with Crippen molar-refractivity contribution in [1.82, 2.24) is 0 Å². The summed E-state index contributed by atoms with van der Waals surface area (Å²) in [6.45, 7) is 10.0. The van der Waals surface area contributed by atoms with E-state index in [0.29, 0.717) is 0 Å². The van der Waals surface area contributed by atoms with Crippen molar-refractivity contribution in [3.8, 4) is 0 Å². The standard InChI is InChI=1S/C9H15NO/c1-6-5-7(9(2,3)4)11-8(6)10/h5,8H,1,10H2,2-4H3. The third-order valence-corrected chi connectivity index (χ3v) is 1.68. The first-order chi connectivity index (χ1) is 4.91. The van der Waals surface area contributed by atoms with Crippen LogP contribution in [-0.4, -0.2) is 6.23 Å². The molecule has 0 aliphatic carbocycles. The Kier molecular flexibility index (Phi) is 1.80. The van der Waals surface area contributed by atoms with Crippen LogP contribution in [0.3, 0.4) is 0 Å². The minimum absolute atomic E-state index is 0.0387. The Morgan fingerprint density at radius 3 is 2.27 bits per heavy atom. The molecule has 62 valence electrons. The lowest BCUT2D eigenvalue weighted by molar-refractivity contribution is 0.124. The van der Waals surface area contributed by atoms with E-state index in [1.54, 1.807) is 0 Å². The van der Waals surface area contributed by atoms with E-state index in [0.717, 1.165) is 11.3 Å². The molecule has 0 aromatic heterocycles. The molecule has 0 aromatic carbocycles. The molecule has 0 saturated heterocycles. The van der Waals surface area contributed by atoms with Gasteiger partial charge >= 0.3 is 0 Å². The molecule has 1 rings (SSSR count). The smallest absolute Gasteiger partial charge is 0.173 e. The molecule has 11 heavy (non-hydrogen) atoms. The van der Waals surface area contributed by atoms with Crippen molar-refractivity contribution in [2.24, 2.45) is 11.1 Å². The topological polar surface area (TPSA) is 35.2 Å². The molecule has 0 fully saturated rings. The maximum absolute atomic E-state index is 5.59. The zero-order valence-electron chi connectivity index (χ0n) is 7.35. The van der Waals surface area contributed by atoms with Crippen LogP contribution in [0.2, 0.25) is 0 Å². The summed E-state index contributed by atoms with van der Waals surface area (Å²) in [6, 6.07) is 0. The molecule has 0 saturated carbocycles. The molecule has 1 atom stereocenters. The van der Waals surface area contributed by atoms with E-state index in [2.05, 4.69) is 27.4 Å². The van der Waals surface area contributed by atoms with Crippen molar-refractivity contribution < 1.29 is 4.74 Å². The van der Waals surface area contributed by atoms with Crippen LogP contribution in [0.1, 0.15) is 20.8 Å². The van der Waals surface area contributed by atoms with Gasteiger partial charge in [-0.05, 0) is 6.08 Å². The van der Waals surface area contributed by atoms with Gasteiger partial charge in [0, 0.05) is 11.0 Å². The fourth-order valence-corrected chi connectivity index (χ4v) is 0.890. The van der Waals surface area contributed by atoms with E-state index >= 15 is 0 Å². The average Bonchev–Trinajstić information content (AvgIpc) is 2.11. The minimum atomic E-state index is -0.329. The zero-order valence-corrected chi connectivity index (χ0v) is 7.35. The second-order valence-electron chi connectivity index (χ2n) is 3.87. The molecule has 2 heteroatoms. The Hall–Kier alpha value is -0.760. The molecule has 2 nitrogen and oxygen atoms in total. The monoisotopic (exact) mass is 153 g/mol. The van der Waals surface area contributed by atoms with E-state index in [4.69, 9.17) is 10.5 Å². The van der Waals surface area contributed by atoms with Crippen molar-refractivity contribution in [1.29, 1.82) is 0 Å². The largest absolute Gasteiger partial charge is 0.475 e. The van der Waals surface area contributed by atoms with Gasteiger partial charge in [0.25, 0.3) is 0 Å². The van der Waals surface area contributed by atoms with Gasteiger partial charge < -0.3 is 4.74 Å².